The number of carbonyl (C=O) groups excluding carboxylic acids is 2. The molecule has 2 unspecified atom stereocenters. The quantitative estimate of drug-likeness (QED) is 0.458. The van der Waals surface area contributed by atoms with Gasteiger partial charge in [0.15, 0.2) is 5.76 Å². The number of benzene rings is 1. The molecule has 2 saturated carbocycles. The molecule has 3 fully saturated rings. The molecule has 2 atom stereocenters. The van der Waals surface area contributed by atoms with Gasteiger partial charge in [0.25, 0.3) is 5.91 Å². The molecular weight excluding hydrogens is 433 g/mol. The van der Waals surface area contributed by atoms with Gasteiger partial charge in [-0.05, 0) is 75.9 Å². The number of nitrogens with one attached hydrogen (secondary N) is 1. The Morgan fingerprint density at radius 1 is 1.18 bits per heavy atom. The topological polar surface area (TPSA) is 61.9 Å². The Bertz CT molecular complexity index is 884. The summed E-state index contributed by atoms with van der Waals surface area (Å²) in [5.41, 5.74) is 0.573. The second-order valence-corrected chi connectivity index (χ2v) is 9.98. The molecule has 186 valence electrons. The van der Waals surface area contributed by atoms with Crippen LogP contribution in [0.4, 0.5) is 4.39 Å². The second kappa shape index (κ2) is 11.8. The van der Waals surface area contributed by atoms with Crippen LogP contribution in [-0.4, -0.2) is 66.5 Å². The molecule has 1 N–H and O–H groups in total. The molecule has 34 heavy (non-hydrogen) atoms. The predicted molar refractivity (Wildman–Crippen MR) is 130 cm³/mol. The summed E-state index contributed by atoms with van der Waals surface area (Å²) in [6, 6.07) is 6.66. The first-order chi connectivity index (χ1) is 16.5. The summed E-state index contributed by atoms with van der Waals surface area (Å²) in [5.74, 6) is -0.598. The number of hydrogen-bond donors (Lipinski definition) is 1. The Balaban J connectivity index is 1.33. The normalized spacial score (nSPS) is 24.7. The average Bonchev–Trinajstić information content (AvgIpc) is 2.85. The van der Waals surface area contributed by atoms with E-state index in [9.17, 15) is 14.0 Å². The van der Waals surface area contributed by atoms with Crippen LogP contribution in [0.15, 0.2) is 30.0 Å². The highest BCUT2D eigenvalue weighted by Crippen LogP contribution is 2.33. The standard InChI is InChI=1S/C27H38FN3O3/c1-30(22-11-3-2-4-12-22)16-8-15-29-26(32)19-31-23-13-5-6-14-24(23)34-25(27(31)33)18-20-9-7-10-21(28)17-20/h7,9-10,17-18,22-24H,2-6,8,11-16,19H2,1H3,(H,29,32)/b25-18+. The van der Waals surface area contributed by atoms with E-state index < -0.39 is 0 Å². The molecule has 4 rings (SSSR count). The van der Waals surface area contributed by atoms with Crippen LogP contribution in [0.25, 0.3) is 6.08 Å². The van der Waals surface area contributed by atoms with Crippen LogP contribution in [0.5, 0.6) is 0 Å². The first-order valence-corrected chi connectivity index (χ1v) is 12.9. The molecule has 0 radical (unpaired) electrons. The van der Waals surface area contributed by atoms with E-state index in [1.165, 1.54) is 44.2 Å². The Morgan fingerprint density at radius 2 is 1.94 bits per heavy atom. The maximum Gasteiger partial charge on any atom is 0.289 e. The van der Waals surface area contributed by atoms with Gasteiger partial charge in [-0.3, -0.25) is 9.59 Å². The maximum absolute atomic E-state index is 13.6. The van der Waals surface area contributed by atoms with E-state index in [4.69, 9.17) is 4.74 Å². The van der Waals surface area contributed by atoms with Gasteiger partial charge in [-0.1, -0.05) is 37.8 Å². The van der Waals surface area contributed by atoms with Crippen molar-refractivity contribution in [3.05, 3.63) is 41.4 Å². The number of fused-ring (bicyclic) bond motifs is 1. The van der Waals surface area contributed by atoms with Crippen LogP contribution in [0, 0.1) is 5.82 Å². The van der Waals surface area contributed by atoms with Gasteiger partial charge in [0.2, 0.25) is 5.91 Å². The minimum atomic E-state index is -0.362. The average molecular weight is 472 g/mol. The maximum atomic E-state index is 13.6. The van der Waals surface area contributed by atoms with Crippen LogP contribution < -0.4 is 5.32 Å². The molecule has 7 heteroatoms. The molecule has 1 saturated heterocycles. The highest BCUT2D eigenvalue weighted by atomic mass is 19.1. The summed E-state index contributed by atoms with van der Waals surface area (Å²) in [6.07, 6.45) is 12.6. The van der Waals surface area contributed by atoms with Crippen molar-refractivity contribution in [1.82, 2.24) is 15.1 Å². The Hall–Kier alpha value is -2.41. The molecule has 1 aromatic rings. The number of morpholine rings is 1. The van der Waals surface area contributed by atoms with Crippen LogP contribution in [-0.2, 0) is 14.3 Å². The van der Waals surface area contributed by atoms with Crippen LogP contribution >= 0.6 is 0 Å². The van der Waals surface area contributed by atoms with Gasteiger partial charge in [0.05, 0.1) is 6.04 Å². The zero-order valence-corrected chi connectivity index (χ0v) is 20.3. The SMILES string of the molecule is CN(CCCNC(=O)CN1C(=O)/C(=C\c2cccc(F)c2)OC2CCCCC21)C1CCCCC1. The van der Waals surface area contributed by atoms with Crippen molar-refractivity contribution in [2.75, 3.05) is 26.7 Å². The number of amides is 2. The molecule has 1 aliphatic heterocycles. The van der Waals surface area contributed by atoms with Crippen molar-refractivity contribution in [2.24, 2.45) is 0 Å². The number of carbonyl (C=O) groups is 2. The molecule has 6 nitrogen and oxygen atoms in total. The van der Waals surface area contributed by atoms with E-state index in [1.54, 1.807) is 23.1 Å². The number of nitrogens with zero attached hydrogens (tertiary/aromatic N) is 2. The number of rotatable bonds is 8. The Morgan fingerprint density at radius 3 is 2.74 bits per heavy atom. The van der Waals surface area contributed by atoms with E-state index in [-0.39, 0.29) is 42.1 Å². The smallest absolute Gasteiger partial charge is 0.289 e. The monoisotopic (exact) mass is 471 g/mol. The molecule has 2 aliphatic carbocycles. The number of halogens is 1. The summed E-state index contributed by atoms with van der Waals surface area (Å²) < 4.78 is 19.7. The highest BCUT2D eigenvalue weighted by molar-refractivity contribution is 5.98. The van der Waals surface area contributed by atoms with E-state index in [2.05, 4.69) is 17.3 Å². The van der Waals surface area contributed by atoms with Gasteiger partial charge < -0.3 is 19.9 Å². The van der Waals surface area contributed by atoms with E-state index in [0.29, 0.717) is 18.2 Å². The molecular formula is C27H38FN3O3. The van der Waals surface area contributed by atoms with Crippen molar-refractivity contribution >= 4 is 17.9 Å². The van der Waals surface area contributed by atoms with Crippen molar-refractivity contribution in [3.63, 3.8) is 0 Å². The van der Waals surface area contributed by atoms with Gasteiger partial charge in [0.1, 0.15) is 18.5 Å². The molecule has 0 spiro atoms. The summed E-state index contributed by atoms with van der Waals surface area (Å²) in [5, 5.41) is 3.01. The van der Waals surface area contributed by atoms with E-state index in [0.717, 1.165) is 38.6 Å². The first kappa shape index (κ1) is 24.7. The van der Waals surface area contributed by atoms with Crippen molar-refractivity contribution in [2.45, 2.75) is 82.4 Å². The summed E-state index contributed by atoms with van der Waals surface area (Å²) in [6.45, 7) is 1.60. The molecule has 1 aromatic carbocycles. The van der Waals surface area contributed by atoms with Crippen LogP contribution in [0.2, 0.25) is 0 Å². The fourth-order valence-electron chi connectivity index (χ4n) is 5.58. The predicted octanol–water partition coefficient (Wildman–Crippen LogP) is 4.11. The van der Waals surface area contributed by atoms with Crippen molar-refractivity contribution in [3.8, 4) is 0 Å². The van der Waals surface area contributed by atoms with Gasteiger partial charge in [0, 0.05) is 12.6 Å². The Kier molecular flexibility index (Phi) is 8.59. The number of ether oxygens (including phenoxy) is 1. The Labute approximate surface area is 202 Å². The summed E-state index contributed by atoms with van der Waals surface area (Å²) >= 11 is 0. The fourth-order valence-corrected chi connectivity index (χ4v) is 5.58. The van der Waals surface area contributed by atoms with Crippen molar-refractivity contribution in [1.29, 1.82) is 0 Å². The lowest BCUT2D eigenvalue weighted by Gasteiger charge is -2.44. The molecule has 2 amide bonds. The molecule has 1 heterocycles. The lowest BCUT2D eigenvalue weighted by Crippen LogP contribution is -2.57. The lowest BCUT2D eigenvalue weighted by atomic mass is 9.89. The first-order valence-electron chi connectivity index (χ1n) is 12.9. The van der Waals surface area contributed by atoms with Gasteiger partial charge in [-0.15, -0.1) is 0 Å². The fraction of sp³-hybridized carbons (Fsp3) is 0.630. The van der Waals surface area contributed by atoms with Crippen LogP contribution in [0.3, 0.4) is 0 Å². The third kappa shape index (κ3) is 6.38. The highest BCUT2D eigenvalue weighted by Gasteiger charge is 2.42. The molecule has 0 aromatic heterocycles. The second-order valence-electron chi connectivity index (χ2n) is 9.98. The summed E-state index contributed by atoms with van der Waals surface area (Å²) in [7, 11) is 2.18. The zero-order valence-electron chi connectivity index (χ0n) is 20.3. The third-order valence-corrected chi connectivity index (χ3v) is 7.49. The van der Waals surface area contributed by atoms with Gasteiger partial charge in [-0.25, -0.2) is 4.39 Å². The molecule has 3 aliphatic rings. The third-order valence-electron chi connectivity index (χ3n) is 7.49. The lowest BCUT2D eigenvalue weighted by molar-refractivity contribution is -0.151. The van der Waals surface area contributed by atoms with Crippen LogP contribution in [0.1, 0.15) is 69.8 Å². The van der Waals surface area contributed by atoms with E-state index >= 15 is 0 Å². The zero-order chi connectivity index (χ0) is 23.9. The minimum absolute atomic E-state index is 0.0301. The number of hydrogen-bond acceptors (Lipinski definition) is 4. The van der Waals surface area contributed by atoms with E-state index in [1.807, 2.05) is 0 Å². The summed E-state index contributed by atoms with van der Waals surface area (Å²) in [4.78, 5) is 30.1. The van der Waals surface area contributed by atoms with Gasteiger partial charge >= 0.3 is 0 Å². The van der Waals surface area contributed by atoms with Gasteiger partial charge in [-0.2, -0.15) is 0 Å². The minimum Gasteiger partial charge on any atom is -0.482 e. The molecule has 0 bridgehead atoms. The van der Waals surface area contributed by atoms with Crippen molar-refractivity contribution < 1.29 is 18.7 Å². The largest absolute Gasteiger partial charge is 0.482 e.